The zero-order chi connectivity index (χ0) is 20.8. The summed E-state index contributed by atoms with van der Waals surface area (Å²) in [5.41, 5.74) is 4.89. The Kier molecular flexibility index (Phi) is 6.21. The Morgan fingerprint density at radius 1 is 0.667 bits per heavy atom. The number of allylic oxidation sites excluding steroid dienone is 1. The van der Waals surface area contributed by atoms with Crippen molar-refractivity contribution >= 4 is 44.9 Å². The summed E-state index contributed by atoms with van der Waals surface area (Å²) in [6.07, 6.45) is 3.46. The van der Waals surface area contributed by atoms with Crippen LogP contribution in [0, 0.1) is 0 Å². The van der Waals surface area contributed by atoms with Crippen LogP contribution in [0.1, 0.15) is 15.9 Å². The highest BCUT2D eigenvalue weighted by atomic mass is 79.9. The Bertz CT molecular complexity index is 1110. The Morgan fingerprint density at radius 3 is 1.80 bits per heavy atom. The average molecular weight is 454 g/mol. The molecule has 0 aliphatic carbocycles. The first-order chi connectivity index (χ1) is 14.7. The van der Waals surface area contributed by atoms with Crippen LogP contribution in [0.4, 0.5) is 17.1 Å². The molecule has 4 aromatic carbocycles. The number of halogens is 1. The summed E-state index contributed by atoms with van der Waals surface area (Å²) in [4.78, 5) is 14.6. The van der Waals surface area contributed by atoms with Crippen LogP contribution in [0.3, 0.4) is 0 Å². The summed E-state index contributed by atoms with van der Waals surface area (Å²) in [6.45, 7) is 0. The second kappa shape index (κ2) is 9.38. The fraction of sp³-hybridized carbons (Fsp3) is 0. The summed E-state index contributed by atoms with van der Waals surface area (Å²) in [6, 6.07) is 36.2. The fourth-order valence-electron chi connectivity index (χ4n) is 3.25. The molecule has 30 heavy (non-hydrogen) atoms. The average Bonchev–Trinajstić information content (AvgIpc) is 2.80. The van der Waals surface area contributed by atoms with Crippen LogP contribution in [0.15, 0.2) is 120 Å². The Labute approximate surface area is 185 Å². The van der Waals surface area contributed by atoms with Gasteiger partial charge in [-0.1, -0.05) is 82.7 Å². The quantitative estimate of drug-likeness (QED) is 0.219. The number of nitrogens with zero attached hydrogens (tertiary/aromatic N) is 1. The minimum absolute atomic E-state index is 0.0180. The molecule has 0 aromatic heterocycles. The standard InChI is InChI=1S/C27H20BrNO/c28-23-9-7-8-22(20-23)27(30)19-16-21-14-17-26(18-15-21)29(24-10-3-1-4-11-24)25-12-5-2-6-13-25/h1-20H. The number of benzene rings is 4. The van der Waals surface area contributed by atoms with Gasteiger partial charge in [0.05, 0.1) is 0 Å². The summed E-state index contributed by atoms with van der Waals surface area (Å²) in [7, 11) is 0. The van der Waals surface area contributed by atoms with Crippen molar-refractivity contribution in [1.29, 1.82) is 0 Å². The molecule has 0 heterocycles. The number of para-hydroxylation sites is 2. The number of ketones is 1. The number of rotatable bonds is 6. The largest absolute Gasteiger partial charge is 0.311 e. The van der Waals surface area contributed by atoms with E-state index in [1.807, 2.05) is 78.9 Å². The SMILES string of the molecule is O=C(C=Cc1ccc(N(c2ccccc2)c2ccccc2)cc1)c1cccc(Br)c1. The summed E-state index contributed by atoms with van der Waals surface area (Å²) >= 11 is 3.41. The van der Waals surface area contributed by atoms with Gasteiger partial charge >= 0.3 is 0 Å². The van der Waals surface area contributed by atoms with E-state index in [1.165, 1.54) is 0 Å². The molecule has 0 N–H and O–H groups in total. The lowest BCUT2D eigenvalue weighted by molar-refractivity contribution is 0.104. The molecule has 3 heteroatoms. The smallest absolute Gasteiger partial charge is 0.185 e. The first kappa shape index (κ1) is 19.9. The topological polar surface area (TPSA) is 20.3 Å². The first-order valence-corrected chi connectivity index (χ1v) is 10.5. The second-order valence-electron chi connectivity index (χ2n) is 6.81. The lowest BCUT2D eigenvalue weighted by atomic mass is 10.1. The third-order valence-corrected chi connectivity index (χ3v) is 5.21. The highest BCUT2D eigenvalue weighted by Crippen LogP contribution is 2.34. The van der Waals surface area contributed by atoms with E-state index in [0.29, 0.717) is 5.56 Å². The zero-order valence-electron chi connectivity index (χ0n) is 16.3. The summed E-state index contributed by atoms with van der Waals surface area (Å²) in [5.74, 6) is -0.0180. The number of anilines is 3. The zero-order valence-corrected chi connectivity index (χ0v) is 17.9. The van der Waals surface area contributed by atoms with Gasteiger partial charge in [0.25, 0.3) is 0 Å². The summed E-state index contributed by atoms with van der Waals surface area (Å²) < 4.78 is 0.896. The van der Waals surface area contributed by atoms with Crippen molar-refractivity contribution in [3.8, 4) is 0 Å². The molecule has 0 saturated heterocycles. The van der Waals surface area contributed by atoms with Crippen molar-refractivity contribution in [2.75, 3.05) is 4.90 Å². The van der Waals surface area contributed by atoms with Crippen molar-refractivity contribution in [2.24, 2.45) is 0 Å². The lowest BCUT2D eigenvalue weighted by Crippen LogP contribution is -2.09. The van der Waals surface area contributed by atoms with Gasteiger partial charge in [-0.25, -0.2) is 0 Å². The van der Waals surface area contributed by atoms with Crippen molar-refractivity contribution < 1.29 is 4.79 Å². The third-order valence-electron chi connectivity index (χ3n) is 4.72. The van der Waals surface area contributed by atoms with Gasteiger partial charge in [-0.05, 0) is 60.2 Å². The van der Waals surface area contributed by atoms with Gasteiger partial charge in [0.15, 0.2) is 5.78 Å². The second-order valence-corrected chi connectivity index (χ2v) is 7.72. The minimum Gasteiger partial charge on any atom is -0.311 e. The molecule has 4 aromatic rings. The highest BCUT2D eigenvalue weighted by molar-refractivity contribution is 9.10. The van der Waals surface area contributed by atoms with Crippen molar-refractivity contribution in [1.82, 2.24) is 0 Å². The van der Waals surface area contributed by atoms with Crippen LogP contribution in [-0.4, -0.2) is 5.78 Å². The molecule has 4 rings (SSSR count). The molecule has 2 nitrogen and oxygen atoms in total. The van der Waals surface area contributed by atoms with Crippen LogP contribution >= 0.6 is 15.9 Å². The molecule has 0 atom stereocenters. The maximum atomic E-state index is 12.4. The van der Waals surface area contributed by atoms with E-state index in [4.69, 9.17) is 0 Å². The Balaban J connectivity index is 1.59. The van der Waals surface area contributed by atoms with E-state index >= 15 is 0 Å². The van der Waals surface area contributed by atoms with Crippen LogP contribution in [0.2, 0.25) is 0 Å². The highest BCUT2D eigenvalue weighted by Gasteiger charge is 2.11. The Hall–Kier alpha value is -3.43. The monoisotopic (exact) mass is 453 g/mol. The molecular weight excluding hydrogens is 434 g/mol. The predicted octanol–water partition coefficient (Wildman–Crippen LogP) is 7.82. The maximum absolute atomic E-state index is 12.4. The molecule has 0 spiro atoms. The molecule has 0 fully saturated rings. The van der Waals surface area contributed by atoms with Crippen LogP contribution in [0.25, 0.3) is 6.08 Å². The molecule has 0 radical (unpaired) electrons. The predicted molar refractivity (Wildman–Crippen MR) is 129 cm³/mol. The van der Waals surface area contributed by atoms with Gasteiger partial charge in [0.1, 0.15) is 0 Å². The van der Waals surface area contributed by atoms with E-state index in [1.54, 1.807) is 6.08 Å². The molecular formula is C27H20BrNO. The van der Waals surface area contributed by atoms with E-state index in [2.05, 4.69) is 57.2 Å². The molecule has 0 saturated carbocycles. The molecule has 0 unspecified atom stereocenters. The molecule has 0 aliphatic rings. The van der Waals surface area contributed by atoms with Crippen LogP contribution in [-0.2, 0) is 0 Å². The van der Waals surface area contributed by atoms with E-state index in [0.717, 1.165) is 27.1 Å². The lowest BCUT2D eigenvalue weighted by Gasteiger charge is -2.25. The van der Waals surface area contributed by atoms with Gasteiger partial charge in [-0.3, -0.25) is 4.79 Å². The molecule has 0 bridgehead atoms. The van der Waals surface area contributed by atoms with E-state index < -0.39 is 0 Å². The van der Waals surface area contributed by atoms with Gasteiger partial charge in [-0.15, -0.1) is 0 Å². The first-order valence-electron chi connectivity index (χ1n) is 9.69. The van der Waals surface area contributed by atoms with Crippen LogP contribution < -0.4 is 4.90 Å². The van der Waals surface area contributed by atoms with Crippen LogP contribution in [0.5, 0.6) is 0 Å². The fourth-order valence-corrected chi connectivity index (χ4v) is 3.64. The van der Waals surface area contributed by atoms with E-state index in [-0.39, 0.29) is 5.78 Å². The van der Waals surface area contributed by atoms with Gasteiger partial charge in [-0.2, -0.15) is 0 Å². The number of carbonyl (C=O) groups is 1. The Morgan fingerprint density at radius 2 is 1.23 bits per heavy atom. The normalized spacial score (nSPS) is 10.8. The number of hydrogen-bond acceptors (Lipinski definition) is 2. The maximum Gasteiger partial charge on any atom is 0.185 e. The number of hydrogen-bond donors (Lipinski definition) is 0. The minimum atomic E-state index is -0.0180. The molecule has 146 valence electrons. The van der Waals surface area contributed by atoms with Gasteiger partial charge in [0.2, 0.25) is 0 Å². The number of carbonyl (C=O) groups excluding carboxylic acids is 1. The van der Waals surface area contributed by atoms with Gasteiger partial charge < -0.3 is 4.90 Å². The summed E-state index contributed by atoms with van der Waals surface area (Å²) in [5, 5.41) is 0. The molecule has 0 aliphatic heterocycles. The molecule has 0 amide bonds. The van der Waals surface area contributed by atoms with Gasteiger partial charge in [0, 0.05) is 27.1 Å². The van der Waals surface area contributed by atoms with Crippen molar-refractivity contribution in [3.05, 3.63) is 131 Å². The van der Waals surface area contributed by atoms with Crippen molar-refractivity contribution in [3.63, 3.8) is 0 Å². The van der Waals surface area contributed by atoms with Crippen molar-refractivity contribution in [2.45, 2.75) is 0 Å². The van der Waals surface area contributed by atoms with E-state index in [9.17, 15) is 4.79 Å². The third kappa shape index (κ3) is 4.76.